The zero-order valence-electron chi connectivity index (χ0n) is 13.0. The molecule has 1 aromatic rings. The second kappa shape index (κ2) is 6.87. The van der Waals surface area contributed by atoms with Crippen LogP contribution in [0.2, 0.25) is 0 Å². The van der Waals surface area contributed by atoms with E-state index in [9.17, 15) is 8.42 Å². The molecule has 0 unspecified atom stereocenters. The van der Waals surface area contributed by atoms with Gasteiger partial charge in [0.2, 0.25) is 10.0 Å². The van der Waals surface area contributed by atoms with E-state index < -0.39 is 10.0 Å². The Kier molecular flexibility index (Phi) is 5.37. The Morgan fingerprint density at radius 1 is 1.43 bits per heavy atom. The van der Waals surface area contributed by atoms with Gasteiger partial charge in [0, 0.05) is 25.8 Å². The first-order valence-corrected chi connectivity index (χ1v) is 8.73. The zero-order valence-corrected chi connectivity index (χ0v) is 13.8. The molecule has 1 aliphatic rings. The molecule has 7 nitrogen and oxygen atoms in total. The summed E-state index contributed by atoms with van der Waals surface area (Å²) in [6.45, 7) is 3.29. The number of hydrogen-bond donors (Lipinski definition) is 1. The van der Waals surface area contributed by atoms with Crippen molar-refractivity contribution in [3.05, 3.63) is 12.4 Å². The molecule has 0 bridgehead atoms. The fourth-order valence-corrected chi connectivity index (χ4v) is 3.92. The van der Waals surface area contributed by atoms with E-state index in [1.54, 1.807) is 17.9 Å². The molecule has 1 aliphatic heterocycles. The van der Waals surface area contributed by atoms with E-state index in [1.807, 2.05) is 7.05 Å². The first-order chi connectivity index (χ1) is 9.95. The molecule has 0 radical (unpaired) electrons. The quantitative estimate of drug-likeness (QED) is 0.788. The van der Waals surface area contributed by atoms with Crippen molar-refractivity contribution in [1.29, 1.82) is 0 Å². The standard InChI is InChI=1S/C13H25N5O2S/c1-14-6-9-18-11-13(10-15-18)21(19,20)17(3)12-4-7-16(2)8-5-12/h10-12,14H,4-9H2,1-3H3. The Morgan fingerprint density at radius 2 is 2.10 bits per heavy atom. The number of nitrogens with zero attached hydrogens (tertiary/aromatic N) is 4. The lowest BCUT2D eigenvalue weighted by molar-refractivity contribution is 0.197. The van der Waals surface area contributed by atoms with Gasteiger partial charge in [0.25, 0.3) is 0 Å². The lowest BCUT2D eigenvalue weighted by atomic mass is 10.1. The van der Waals surface area contributed by atoms with Gasteiger partial charge in [-0.25, -0.2) is 8.42 Å². The van der Waals surface area contributed by atoms with Crippen LogP contribution in [0.3, 0.4) is 0 Å². The average molecular weight is 315 g/mol. The second-order valence-electron chi connectivity index (χ2n) is 5.60. The van der Waals surface area contributed by atoms with Crippen LogP contribution in [-0.4, -0.2) is 74.2 Å². The molecule has 1 aromatic heterocycles. The molecule has 1 saturated heterocycles. The fraction of sp³-hybridized carbons (Fsp3) is 0.769. The number of piperidine rings is 1. The maximum atomic E-state index is 12.6. The predicted molar refractivity (Wildman–Crippen MR) is 81.6 cm³/mol. The van der Waals surface area contributed by atoms with E-state index in [4.69, 9.17) is 0 Å². The molecule has 120 valence electrons. The number of likely N-dealkylation sites (tertiary alicyclic amines) is 1. The van der Waals surface area contributed by atoms with Gasteiger partial charge in [-0.2, -0.15) is 9.40 Å². The highest BCUT2D eigenvalue weighted by molar-refractivity contribution is 7.89. The zero-order chi connectivity index (χ0) is 15.5. The number of sulfonamides is 1. The first kappa shape index (κ1) is 16.4. The average Bonchev–Trinajstić information content (AvgIpc) is 2.94. The smallest absolute Gasteiger partial charge is 0.246 e. The number of hydrogen-bond acceptors (Lipinski definition) is 5. The third kappa shape index (κ3) is 3.82. The summed E-state index contributed by atoms with van der Waals surface area (Å²) in [5.41, 5.74) is 0. The van der Waals surface area contributed by atoms with E-state index in [0.717, 1.165) is 32.5 Å². The van der Waals surface area contributed by atoms with Crippen LogP contribution in [0.1, 0.15) is 12.8 Å². The summed E-state index contributed by atoms with van der Waals surface area (Å²) < 4.78 is 28.5. The Hall–Kier alpha value is -0.960. The molecule has 2 heterocycles. The highest BCUT2D eigenvalue weighted by Gasteiger charge is 2.30. The molecular weight excluding hydrogens is 290 g/mol. The van der Waals surface area contributed by atoms with Crippen LogP contribution in [-0.2, 0) is 16.6 Å². The van der Waals surface area contributed by atoms with Crippen molar-refractivity contribution in [2.75, 3.05) is 40.8 Å². The molecule has 0 amide bonds. The number of likely N-dealkylation sites (N-methyl/N-ethyl adjacent to an activating group) is 1. The van der Waals surface area contributed by atoms with Crippen LogP contribution >= 0.6 is 0 Å². The minimum Gasteiger partial charge on any atom is -0.318 e. The van der Waals surface area contributed by atoms with Crippen molar-refractivity contribution in [3.8, 4) is 0 Å². The number of nitrogens with one attached hydrogen (secondary N) is 1. The van der Waals surface area contributed by atoms with Gasteiger partial charge in [-0.05, 0) is 40.0 Å². The third-order valence-electron chi connectivity index (χ3n) is 4.08. The topological polar surface area (TPSA) is 70.5 Å². The van der Waals surface area contributed by atoms with Crippen LogP contribution in [0, 0.1) is 0 Å². The summed E-state index contributed by atoms with van der Waals surface area (Å²) in [5.74, 6) is 0. The Balaban J connectivity index is 2.07. The molecule has 0 spiro atoms. The van der Waals surface area contributed by atoms with Gasteiger partial charge in [-0.15, -0.1) is 0 Å². The molecule has 1 N–H and O–H groups in total. The SMILES string of the molecule is CNCCn1cc(S(=O)(=O)N(C)C2CCN(C)CC2)cn1. The number of rotatable bonds is 6. The van der Waals surface area contributed by atoms with Crippen LogP contribution in [0.4, 0.5) is 0 Å². The lowest BCUT2D eigenvalue weighted by Crippen LogP contribution is -2.44. The van der Waals surface area contributed by atoms with Crippen molar-refractivity contribution in [2.45, 2.75) is 30.3 Å². The molecule has 0 aromatic carbocycles. The Morgan fingerprint density at radius 3 is 2.71 bits per heavy atom. The van der Waals surface area contributed by atoms with Gasteiger partial charge in [-0.3, -0.25) is 4.68 Å². The fourth-order valence-electron chi connectivity index (χ4n) is 2.55. The molecule has 2 rings (SSSR count). The van der Waals surface area contributed by atoms with E-state index in [2.05, 4.69) is 22.4 Å². The summed E-state index contributed by atoms with van der Waals surface area (Å²) >= 11 is 0. The van der Waals surface area contributed by atoms with Gasteiger partial charge in [0.05, 0.1) is 12.7 Å². The molecule has 0 saturated carbocycles. The van der Waals surface area contributed by atoms with Crippen molar-refractivity contribution in [3.63, 3.8) is 0 Å². The van der Waals surface area contributed by atoms with Gasteiger partial charge in [0.15, 0.2) is 0 Å². The van der Waals surface area contributed by atoms with Crippen LogP contribution in [0.5, 0.6) is 0 Å². The largest absolute Gasteiger partial charge is 0.318 e. The maximum absolute atomic E-state index is 12.6. The van der Waals surface area contributed by atoms with Crippen molar-refractivity contribution >= 4 is 10.0 Å². The number of aromatic nitrogens is 2. The van der Waals surface area contributed by atoms with Crippen molar-refractivity contribution in [2.24, 2.45) is 0 Å². The molecule has 21 heavy (non-hydrogen) atoms. The predicted octanol–water partition coefficient (Wildman–Crippen LogP) is -0.183. The van der Waals surface area contributed by atoms with Crippen LogP contribution in [0.15, 0.2) is 17.3 Å². The van der Waals surface area contributed by atoms with Crippen LogP contribution < -0.4 is 5.32 Å². The van der Waals surface area contributed by atoms with Crippen molar-refractivity contribution in [1.82, 2.24) is 24.3 Å². The van der Waals surface area contributed by atoms with E-state index in [-0.39, 0.29) is 10.9 Å². The van der Waals surface area contributed by atoms with E-state index in [1.165, 1.54) is 10.5 Å². The minimum absolute atomic E-state index is 0.0758. The minimum atomic E-state index is -3.45. The highest BCUT2D eigenvalue weighted by Crippen LogP contribution is 2.21. The van der Waals surface area contributed by atoms with Gasteiger partial charge < -0.3 is 10.2 Å². The normalized spacial score (nSPS) is 18.5. The first-order valence-electron chi connectivity index (χ1n) is 7.29. The Bertz CT molecular complexity index is 549. The third-order valence-corrected chi connectivity index (χ3v) is 5.94. The van der Waals surface area contributed by atoms with Gasteiger partial charge in [0.1, 0.15) is 4.90 Å². The summed E-state index contributed by atoms with van der Waals surface area (Å²) in [4.78, 5) is 2.51. The Labute approximate surface area is 127 Å². The summed E-state index contributed by atoms with van der Waals surface area (Å²) in [7, 11) is 2.15. The second-order valence-corrected chi connectivity index (χ2v) is 7.60. The molecule has 1 fully saturated rings. The molecule has 8 heteroatoms. The van der Waals surface area contributed by atoms with Crippen LogP contribution in [0.25, 0.3) is 0 Å². The highest BCUT2D eigenvalue weighted by atomic mass is 32.2. The van der Waals surface area contributed by atoms with Crippen molar-refractivity contribution < 1.29 is 8.42 Å². The molecular formula is C13H25N5O2S. The summed E-state index contributed by atoms with van der Waals surface area (Å²) in [5, 5.41) is 7.14. The van der Waals surface area contributed by atoms with E-state index >= 15 is 0 Å². The van der Waals surface area contributed by atoms with Gasteiger partial charge in [-0.1, -0.05) is 0 Å². The van der Waals surface area contributed by atoms with Gasteiger partial charge >= 0.3 is 0 Å². The molecule has 0 atom stereocenters. The monoisotopic (exact) mass is 315 g/mol. The van der Waals surface area contributed by atoms with E-state index in [0.29, 0.717) is 6.54 Å². The molecule has 0 aliphatic carbocycles. The summed E-state index contributed by atoms with van der Waals surface area (Å²) in [6.07, 6.45) is 4.80. The summed E-state index contributed by atoms with van der Waals surface area (Å²) in [6, 6.07) is 0.0758. The maximum Gasteiger partial charge on any atom is 0.246 e. The lowest BCUT2D eigenvalue weighted by Gasteiger charge is -2.34.